The van der Waals surface area contributed by atoms with Gasteiger partial charge in [0.05, 0.1) is 4.88 Å². The zero-order valence-corrected chi connectivity index (χ0v) is 8.96. The van der Waals surface area contributed by atoms with Crippen LogP contribution in [0.1, 0.15) is 21.1 Å². The van der Waals surface area contributed by atoms with E-state index in [0.717, 1.165) is 4.88 Å². The highest BCUT2D eigenvalue weighted by atomic mass is 32.1. The Morgan fingerprint density at radius 3 is 2.87 bits per heavy atom. The third kappa shape index (κ3) is 2.01. The average Bonchev–Trinajstić information content (AvgIpc) is 2.75. The second-order valence-corrected chi connectivity index (χ2v) is 3.91. The van der Waals surface area contributed by atoms with Crippen molar-refractivity contribution in [2.75, 3.05) is 5.32 Å². The fraction of sp³-hybridized carbons (Fsp3) is 0.250. The van der Waals surface area contributed by atoms with Crippen molar-refractivity contribution in [3.8, 4) is 0 Å². The van der Waals surface area contributed by atoms with E-state index in [1.165, 1.54) is 11.5 Å². The Morgan fingerprint density at radius 1 is 1.53 bits per heavy atom. The number of amides is 1. The molecule has 0 atom stereocenters. The molecule has 1 amide bonds. The van der Waals surface area contributed by atoms with Crippen molar-refractivity contribution >= 4 is 23.3 Å². The quantitative estimate of drug-likeness (QED) is 0.833. The molecule has 0 bridgehead atoms. The van der Waals surface area contributed by atoms with E-state index in [1.54, 1.807) is 19.9 Å². The SMILES string of the molecule is Cc1cc(NC(=O)c2nnsc2C)no1. The normalized spacial score (nSPS) is 10.3. The molecule has 2 heterocycles. The minimum Gasteiger partial charge on any atom is -0.360 e. The molecule has 6 nitrogen and oxygen atoms in total. The number of aromatic nitrogens is 3. The van der Waals surface area contributed by atoms with Gasteiger partial charge in [0.2, 0.25) is 0 Å². The molecule has 78 valence electrons. The van der Waals surface area contributed by atoms with Gasteiger partial charge in [-0.1, -0.05) is 9.64 Å². The summed E-state index contributed by atoms with van der Waals surface area (Å²) in [5.41, 5.74) is 0.320. The fourth-order valence-corrected chi connectivity index (χ4v) is 1.51. The molecule has 15 heavy (non-hydrogen) atoms. The summed E-state index contributed by atoms with van der Waals surface area (Å²) < 4.78 is 8.49. The first-order valence-corrected chi connectivity index (χ1v) is 4.98. The van der Waals surface area contributed by atoms with Crippen molar-refractivity contribution in [3.63, 3.8) is 0 Å². The van der Waals surface area contributed by atoms with Crippen LogP contribution in [0.2, 0.25) is 0 Å². The number of nitrogens with one attached hydrogen (secondary N) is 1. The van der Waals surface area contributed by atoms with Gasteiger partial charge in [-0.2, -0.15) is 0 Å². The number of carbonyl (C=O) groups is 1. The van der Waals surface area contributed by atoms with Crippen LogP contribution in [0.5, 0.6) is 0 Å². The molecule has 0 aliphatic heterocycles. The summed E-state index contributed by atoms with van der Waals surface area (Å²) in [6.45, 7) is 3.53. The summed E-state index contributed by atoms with van der Waals surface area (Å²) in [4.78, 5) is 12.4. The topological polar surface area (TPSA) is 80.9 Å². The predicted octanol–water partition coefficient (Wildman–Crippen LogP) is 1.40. The standard InChI is InChI=1S/C8H8N4O2S/c1-4-3-6(11-14-4)9-8(13)7-5(2)15-12-10-7/h3H,1-2H3,(H,9,11,13). The molecular weight excluding hydrogens is 216 g/mol. The van der Waals surface area contributed by atoms with Gasteiger partial charge in [0.1, 0.15) is 5.76 Å². The van der Waals surface area contributed by atoms with Crippen molar-refractivity contribution < 1.29 is 9.32 Å². The summed E-state index contributed by atoms with van der Waals surface area (Å²) in [5.74, 6) is 0.692. The predicted molar refractivity (Wildman–Crippen MR) is 53.8 cm³/mol. The lowest BCUT2D eigenvalue weighted by atomic mass is 10.3. The first-order valence-electron chi connectivity index (χ1n) is 4.20. The van der Waals surface area contributed by atoms with Crippen molar-refractivity contribution in [2.45, 2.75) is 13.8 Å². The van der Waals surface area contributed by atoms with Crippen LogP contribution in [0.4, 0.5) is 5.82 Å². The molecule has 0 saturated heterocycles. The number of carbonyl (C=O) groups excluding carboxylic acids is 1. The molecule has 0 aromatic carbocycles. The highest BCUT2D eigenvalue weighted by Gasteiger charge is 2.14. The Balaban J connectivity index is 2.14. The van der Waals surface area contributed by atoms with E-state index in [0.29, 0.717) is 17.3 Å². The Bertz CT molecular complexity index is 490. The van der Waals surface area contributed by atoms with Gasteiger partial charge in [-0.3, -0.25) is 4.79 Å². The number of hydrogen-bond donors (Lipinski definition) is 1. The summed E-state index contributed by atoms with van der Waals surface area (Å²) >= 11 is 1.18. The van der Waals surface area contributed by atoms with Crippen molar-refractivity contribution in [2.24, 2.45) is 0 Å². The van der Waals surface area contributed by atoms with Crippen LogP contribution in [0.15, 0.2) is 10.6 Å². The van der Waals surface area contributed by atoms with E-state index in [-0.39, 0.29) is 5.91 Å². The fourth-order valence-electron chi connectivity index (χ4n) is 1.04. The van der Waals surface area contributed by atoms with Crippen LogP contribution in [0, 0.1) is 13.8 Å². The molecule has 7 heteroatoms. The van der Waals surface area contributed by atoms with E-state index in [2.05, 4.69) is 20.1 Å². The summed E-state index contributed by atoms with van der Waals surface area (Å²) in [6, 6.07) is 1.63. The first kappa shape index (κ1) is 9.78. The van der Waals surface area contributed by atoms with Crippen molar-refractivity contribution in [1.29, 1.82) is 0 Å². The first-order chi connectivity index (χ1) is 7.16. The zero-order valence-electron chi connectivity index (χ0n) is 8.14. The van der Waals surface area contributed by atoms with Gasteiger partial charge >= 0.3 is 0 Å². The second kappa shape index (κ2) is 3.77. The van der Waals surface area contributed by atoms with E-state index < -0.39 is 0 Å². The van der Waals surface area contributed by atoms with Crippen LogP contribution < -0.4 is 5.32 Å². The molecule has 0 aliphatic rings. The largest absolute Gasteiger partial charge is 0.360 e. The van der Waals surface area contributed by atoms with E-state index >= 15 is 0 Å². The molecular formula is C8H8N4O2S. The van der Waals surface area contributed by atoms with Crippen LogP contribution in [-0.2, 0) is 0 Å². The maximum Gasteiger partial charge on any atom is 0.278 e. The Kier molecular flexibility index (Phi) is 2.46. The van der Waals surface area contributed by atoms with Crippen molar-refractivity contribution in [3.05, 3.63) is 22.4 Å². The lowest BCUT2D eigenvalue weighted by molar-refractivity contribution is 0.102. The number of anilines is 1. The molecule has 0 spiro atoms. The molecule has 1 N–H and O–H groups in total. The lowest BCUT2D eigenvalue weighted by Gasteiger charge is -1.96. The lowest BCUT2D eigenvalue weighted by Crippen LogP contribution is -2.13. The second-order valence-electron chi connectivity index (χ2n) is 2.95. The van der Waals surface area contributed by atoms with Gasteiger partial charge in [-0.15, -0.1) is 5.10 Å². The van der Waals surface area contributed by atoms with E-state index in [4.69, 9.17) is 4.52 Å². The average molecular weight is 224 g/mol. The minimum absolute atomic E-state index is 0.320. The van der Waals surface area contributed by atoms with Crippen LogP contribution in [0.3, 0.4) is 0 Å². The van der Waals surface area contributed by atoms with Crippen molar-refractivity contribution in [1.82, 2.24) is 14.7 Å². The maximum absolute atomic E-state index is 11.6. The molecule has 0 radical (unpaired) electrons. The van der Waals surface area contributed by atoms with Gasteiger partial charge in [-0.05, 0) is 25.4 Å². The molecule has 0 saturated carbocycles. The Labute approximate surface area is 89.4 Å². The number of aryl methyl sites for hydroxylation is 2. The molecule has 2 rings (SSSR count). The molecule has 2 aromatic heterocycles. The van der Waals surface area contributed by atoms with Gasteiger partial charge in [-0.25, -0.2) is 0 Å². The van der Waals surface area contributed by atoms with Crippen LogP contribution in [0.25, 0.3) is 0 Å². The van der Waals surface area contributed by atoms with Gasteiger partial charge in [0.15, 0.2) is 11.5 Å². The minimum atomic E-state index is -0.324. The third-order valence-corrected chi connectivity index (χ3v) is 2.37. The van der Waals surface area contributed by atoms with E-state index in [9.17, 15) is 4.79 Å². The smallest absolute Gasteiger partial charge is 0.278 e. The Morgan fingerprint density at radius 2 is 2.33 bits per heavy atom. The van der Waals surface area contributed by atoms with E-state index in [1.807, 2.05) is 0 Å². The Hall–Kier alpha value is -1.76. The number of nitrogens with zero attached hydrogens (tertiary/aromatic N) is 3. The molecule has 0 unspecified atom stereocenters. The number of rotatable bonds is 2. The zero-order chi connectivity index (χ0) is 10.8. The molecule has 0 fully saturated rings. The maximum atomic E-state index is 11.6. The molecule has 0 aliphatic carbocycles. The molecule has 2 aromatic rings. The summed E-state index contributed by atoms with van der Waals surface area (Å²) in [7, 11) is 0. The highest BCUT2D eigenvalue weighted by molar-refractivity contribution is 7.05. The van der Waals surface area contributed by atoms with Crippen LogP contribution >= 0.6 is 11.5 Å². The van der Waals surface area contributed by atoms with Gasteiger partial charge in [0.25, 0.3) is 5.91 Å². The summed E-state index contributed by atoms with van der Waals surface area (Å²) in [5, 5.41) is 9.93. The van der Waals surface area contributed by atoms with Crippen LogP contribution in [-0.4, -0.2) is 20.7 Å². The van der Waals surface area contributed by atoms with Gasteiger partial charge in [0, 0.05) is 6.07 Å². The monoisotopic (exact) mass is 224 g/mol. The number of hydrogen-bond acceptors (Lipinski definition) is 6. The summed E-state index contributed by atoms with van der Waals surface area (Å²) in [6.07, 6.45) is 0. The van der Waals surface area contributed by atoms with Gasteiger partial charge < -0.3 is 9.84 Å². The highest BCUT2D eigenvalue weighted by Crippen LogP contribution is 2.12. The third-order valence-electron chi connectivity index (χ3n) is 1.74.